The molecule has 0 saturated heterocycles. The van der Waals surface area contributed by atoms with Gasteiger partial charge in [-0.15, -0.1) is 0 Å². The summed E-state index contributed by atoms with van der Waals surface area (Å²) in [7, 11) is 0. The Bertz CT molecular complexity index is 2200. The fraction of sp³-hybridized carbons (Fsp3) is 0.206. The van der Waals surface area contributed by atoms with Crippen molar-refractivity contribution < 1.29 is 43.5 Å². The maximum Gasteiger partial charge on any atom is 0.336 e. The Morgan fingerprint density at radius 2 is 1.61 bits per heavy atom. The molecular formula is C34H27Cl2N3O12. The van der Waals surface area contributed by atoms with E-state index in [9.17, 15) is 44.8 Å². The molecule has 1 heterocycles. The number of aryl methyl sites for hydroxylation is 1. The summed E-state index contributed by atoms with van der Waals surface area (Å²) in [6, 6.07) is 12.6. The van der Waals surface area contributed by atoms with Crippen LogP contribution in [0, 0.1) is 20.2 Å². The largest absolute Gasteiger partial charge is 0.506 e. The second kappa shape index (κ2) is 15.9. The van der Waals surface area contributed by atoms with Crippen LogP contribution < -0.4 is 10.7 Å². The number of aromatic carboxylic acids is 1. The van der Waals surface area contributed by atoms with Gasteiger partial charge >= 0.3 is 5.97 Å². The number of nitro groups is 2. The van der Waals surface area contributed by atoms with Gasteiger partial charge in [0, 0.05) is 59.0 Å². The number of fused-ring (bicyclic) bond motifs is 2. The first-order valence-electron chi connectivity index (χ1n) is 15.2. The number of non-ortho nitro benzene ring substituents is 1. The second-order valence-electron chi connectivity index (χ2n) is 11.0. The zero-order chi connectivity index (χ0) is 36.8. The molecule has 2 aliphatic rings. The standard InChI is InChI=1S/C34H27Cl2N3O12/c35-25-14-23-30(16-28(25)40)51-31-17-29(41)26(36)15-24(31)32(23)22-12-19(4-6-21(22)34(43)44)33(42)37-7-9-50-11-10-49-8-1-2-18-3-5-20(38(45)46)13-27(18)39(47)48/h3-6,12-17,40H,1-2,7-11H2,(H,37,42)(H,43,44). The van der Waals surface area contributed by atoms with E-state index >= 15 is 0 Å². The first-order chi connectivity index (χ1) is 24.3. The Labute approximate surface area is 297 Å². The number of amides is 1. The molecule has 0 unspecified atom stereocenters. The van der Waals surface area contributed by atoms with Gasteiger partial charge in [-0.1, -0.05) is 23.2 Å². The monoisotopic (exact) mass is 739 g/mol. The first kappa shape index (κ1) is 36.7. The van der Waals surface area contributed by atoms with Gasteiger partial charge in [-0.2, -0.15) is 0 Å². The molecule has 51 heavy (non-hydrogen) atoms. The van der Waals surface area contributed by atoms with E-state index in [0.717, 1.165) is 12.1 Å². The number of hydrogen-bond donors (Lipinski definition) is 3. The quantitative estimate of drug-likeness (QED) is 0.0454. The van der Waals surface area contributed by atoms with Gasteiger partial charge in [0.05, 0.1) is 51.3 Å². The predicted octanol–water partition coefficient (Wildman–Crippen LogP) is 6.49. The molecule has 0 fully saturated rings. The molecule has 15 nitrogen and oxygen atoms in total. The maximum atomic E-state index is 13.1. The van der Waals surface area contributed by atoms with Crippen LogP contribution in [0.2, 0.25) is 10.0 Å². The Hall–Kier alpha value is -5.61. The van der Waals surface area contributed by atoms with Crippen molar-refractivity contribution in [2.45, 2.75) is 12.8 Å². The highest BCUT2D eigenvalue weighted by Gasteiger charge is 2.25. The number of nitrogens with one attached hydrogen (secondary N) is 1. The average molecular weight is 741 g/mol. The lowest BCUT2D eigenvalue weighted by Gasteiger charge is -2.18. The molecule has 3 aromatic rings. The molecule has 5 rings (SSSR count). The molecule has 0 saturated carbocycles. The van der Waals surface area contributed by atoms with Gasteiger partial charge in [-0.05, 0) is 54.8 Å². The van der Waals surface area contributed by atoms with Crippen molar-refractivity contribution in [1.82, 2.24) is 5.32 Å². The van der Waals surface area contributed by atoms with Crippen LogP contribution in [0.15, 0.2) is 69.9 Å². The van der Waals surface area contributed by atoms with Crippen LogP contribution in [0.3, 0.4) is 0 Å². The molecule has 17 heteroatoms. The van der Waals surface area contributed by atoms with E-state index in [2.05, 4.69) is 5.32 Å². The molecule has 0 aromatic heterocycles. The number of carboxylic acid groups (broad SMARTS) is 1. The van der Waals surface area contributed by atoms with Crippen molar-refractivity contribution >= 4 is 57.4 Å². The summed E-state index contributed by atoms with van der Waals surface area (Å²) in [6.07, 6.45) is 0.720. The molecule has 0 bridgehead atoms. The highest BCUT2D eigenvalue weighted by atomic mass is 35.5. The van der Waals surface area contributed by atoms with Gasteiger partial charge in [-0.25, -0.2) is 4.79 Å². The van der Waals surface area contributed by atoms with Gasteiger partial charge in [0.2, 0.25) is 5.43 Å². The fourth-order valence-electron chi connectivity index (χ4n) is 5.34. The summed E-state index contributed by atoms with van der Waals surface area (Å²) in [5.41, 5.74) is -0.169. The fourth-order valence-corrected chi connectivity index (χ4v) is 5.67. The van der Waals surface area contributed by atoms with Gasteiger partial charge in [0.1, 0.15) is 17.1 Å². The highest BCUT2D eigenvalue weighted by Crippen LogP contribution is 2.44. The third-order valence-electron chi connectivity index (χ3n) is 7.74. The van der Waals surface area contributed by atoms with Crippen molar-refractivity contribution in [2.24, 2.45) is 0 Å². The van der Waals surface area contributed by atoms with Crippen molar-refractivity contribution in [3.63, 3.8) is 0 Å². The lowest BCUT2D eigenvalue weighted by atomic mass is 9.89. The van der Waals surface area contributed by atoms with Gasteiger partial charge < -0.3 is 29.4 Å². The van der Waals surface area contributed by atoms with Crippen LogP contribution in [-0.2, 0) is 15.9 Å². The number of carbonyl (C=O) groups is 2. The molecule has 264 valence electrons. The summed E-state index contributed by atoms with van der Waals surface area (Å²) in [6.45, 7) is 0.890. The molecule has 3 aromatic carbocycles. The van der Waals surface area contributed by atoms with E-state index in [1.54, 1.807) is 0 Å². The van der Waals surface area contributed by atoms with Crippen LogP contribution in [0.5, 0.6) is 5.75 Å². The molecule has 3 N–H and O–H groups in total. The zero-order valence-corrected chi connectivity index (χ0v) is 27.9. The number of phenols is 1. The number of halogens is 2. The van der Waals surface area contributed by atoms with Crippen molar-refractivity contribution in [3.05, 3.63) is 118 Å². The number of ether oxygens (including phenoxy) is 2. The van der Waals surface area contributed by atoms with Crippen LogP contribution in [0.1, 0.15) is 32.7 Å². The van der Waals surface area contributed by atoms with Gasteiger partial charge in [-0.3, -0.25) is 29.8 Å². The number of nitrogens with zero attached hydrogens (tertiary/aromatic N) is 2. The Kier molecular flexibility index (Phi) is 11.5. The lowest BCUT2D eigenvalue weighted by molar-refractivity contribution is -0.394. The molecular weight excluding hydrogens is 713 g/mol. The normalized spacial score (nSPS) is 11.2. The molecule has 0 radical (unpaired) electrons. The van der Waals surface area contributed by atoms with Gasteiger partial charge in [0.25, 0.3) is 17.3 Å². The summed E-state index contributed by atoms with van der Waals surface area (Å²) >= 11 is 12.4. The Morgan fingerprint density at radius 3 is 2.31 bits per heavy atom. The van der Waals surface area contributed by atoms with E-state index in [1.807, 2.05) is 0 Å². The van der Waals surface area contributed by atoms with Crippen LogP contribution in [0.4, 0.5) is 11.4 Å². The van der Waals surface area contributed by atoms with E-state index in [4.69, 9.17) is 37.1 Å². The lowest BCUT2D eigenvalue weighted by Crippen LogP contribution is -2.27. The summed E-state index contributed by atoms with van der Waals surface area (Å²) < 4.78 is 16.8. The van der Waals surface area contributed by atoms with E-state index in [1.165, 1.54) is 48.5 Å². The van der Waals surface area contributed by atoms with Crippen molar-refractivity contribution in [2.75, 3.05) is 33.0 Å². The predicted molar refractivity (Wildman–Crippen MR) is 185 cm³/mol. The molecule has 1 amide bonds. The SMILES string of the molecule is O=C(NCCOCCOCCCc1ccc([N+](=O)[O-])cc1[N+](=O)[O-])c1ccc(C(=O)O)c(-c2c3cc(Cl)c(=O)cc-3oc3cc(O)c(Cl)cc23)c1. The Balaban J connectivity index is 1.20. The minimum atomic E-state index is -1.29. The number of carbonyl (C=O) groups excluding carboxylic acids is 1. The molecule has 0 spiro atoms. The summed E-state index contributed by atoms with van der Waals surface area (Å²) in [5, 5.41) is 45.2. The topological polar surface area (TPSA) is 222 Å². The number of aromatic hydroxyl groups is 1. The number of benzene rings is 4. The molecule has 1 aliphatic carbocycles. The smallest absolute Gasteiger partial charge is 0.336 e. The Morgan fingerprint density at radius 1 is 0.863 bits per heavy atom. The van der Waals surface area contributed by atoms with E-state index in [-0.39, 0.29) is 106 Å². The molecule has 0 atom stereocenters. The number of carboxylic acids is 1. The van der Waals surface area contributed by atoms with Crippen LogP contribution in [-0.4, -0.2) is 64.9 Å². The number of rotatable bonds is 15. The van der Waals surface area contributed by atoms with Crippen molar-refractivity contribution in [1.29, 1.82) is 0 Å². The number of nitro benzene ring substituents is 2. The highest BCUT2D eigenvalue weighted by molar-refractivity contribution is 6.33. The number of phenolic OH excluding ortho intramolecular Hbond substituents is 1. The van der Waals surface area contributed by atoms with Crippen LogP contribution >= 0.6 is 23.2 Å². The van der Waals surface area contributed by atoms with E-state index < -0.39 is 27.2 Å². The third kappa shape index (κ3) is 8.41. The summed E-state index contributed by atoms with van der Waals surface area (Å²) in [4.78, 5) is 58.6. The minimum Gasteiger partial charge on any atom is -0.506 e. The van der Waals surface area contributed by atoms with Crippen molar-refractivity contribution in [3.8, 4) is 28.2 Å². The maximum absolute atomic E-state index is 13.1. The zero-order valence-electron chi connectivity index (χ0n) is 26.4. The number of hydrogen-bond acceptors (Lipinski definition) is 11. The molecule has 1 aliphatic heterocycles. The third-order valence-corrected chi connectivity index (χ3v) is 8.34. The first-order valence-corrected chi connectivity index (χ1v) is 15.9. The average Bonchev–Trinajstić information content (AvgIpc) is 3.09. The summed E-state index contributed by atoms with van der Waals surface area (Å²) in [5.74, 6) is -2.06. The van der Waals surface area contributed by atoms with Crippen LogP contribution in [0.25, 0.3) is 33.4 Å². The second-order valence-corrected chi connectivity index (χ2v) is 11.8. The van der Waals surface area contributed by atoms with E-state index in [0.29, 0.717) is 17.4 Å². The minimum absolute atomic E-state index is 0.0467. The van der Waals surface area contributed by atoms with Gasteiger partial charge in [0.15, 0.2) is 0 Å².